The highest BCUT2D eigenvalue weighted by Crippen LogP contribution is 2.26. The third-order valence-corrected chi connectivity index (χ3v) is 4.59. The molecule has 1 saturated heterocycles. The van der Waals surface area contributed by atoms with Crippen LogP contribution in [0.15, 0.2) is 42.5 Å². The second-order valence-electron chi connectivity index (χ2n) is 6.08. The fraction of sp³-hybridized carbons (Fsp3) is 0.300. The summed E-state index contributed by atoms with van der Waals surface area (Å²) in [6, 6.07) is 11.9. The lowest BCUT2D eigenvalue weighted by Gasteiger charge is -2.18. The minimum absolute atomic E-state index is 0.0527. The van der Waals surface area contributed by atoms with Gasteiger partial charge in [0.25, 0.3) is 11.8 Å². The minimum atomic E-state index is -0.323. The summed E-state index contributed by atoms with van der Waals surface area (Å²) in [5.74, 6) is 0.162. The van der Waals surface area contributed by atoms with Gasteiger partial charge in [0.2, 0.25) is 0 Å². The Labute approximate surface area is 157 Å². The highest BCUT2D eigenvalue weighted by Gasteiger charge is 2.22. The maximum absolute atomic E-state index is 12.7. The second-order valence-corrected chi connectivity index (χ2v) is 6.48. The maximum Gasteiger partial charge on any atom is 0.255 e. The average molecular weight is 373 g/mol. The van der Waals surface area contributed by atoms with Gasteiger partial charge >= 0.3 is 0 Å². The lowest BCUT2D eigenvalue weighted by Crippen LogP contribution is -2.28. The molecule has 0 bridgehead atoms. The number of ether oxygens (including phenoxy) is 1. The Morgan fingerprint density at radius 2 is 1.88 bits per heavy atom. The lowest BCUT2D eigenvalue weighted by atomic mass is 10.1. The molecule has 2 amide bonds. The molecule has 0 unspecified atom stereocenters. The number of nitrogens with one attached hydrogen (secondary N) is 1. The van der Waals surface area contributed by atoms with Crippen molar-refractivity contribution in [1.82, 2.24) is 4.90 Å². The molecular weight excluding hydrogens is 352 g/mol. The second kappa shape index (κ2) is 8.23. The SMILES string of the molecule is CCOc1ccc(C(=O)Nc2ccccc2C(=O)N2CCCC2)cc1Cl. The van der Waals surface area contributed by atoms with Gasteiger partial charge in [-0.2, -0.15) is 0 Å². The molecule has 26 heavy (non-hydrogen) atoms. The molecule has 0 saturated carbocycles. The summed E-state index contributed by atoms with van der Waals surface area (Å²) in [5, 5.41) is 3.20. The van der Waals surface area contributed by atoms with Crippen LogP contribution in [0.5, 0.6) is 5.75 Å². The molecular formula is C20H21ClN2O3. The van der Waals surface area contributed by atoms with Crippen LogP contribution < -0.4 is 10.1 Å². The zero-order valence-corrected chi connectivity index (χ0v) is 15.4. The van der Waals surface area contributed by atoms with E-state index >= 15 is 0 Å². The molecule has 136 valence electrons. The molecule has 1 aliphatic rings. The number of amides is 2. The Kier molecular flexibility index (Phi) is 5.78. The smallest absolute Gasteiger partial charge is 0.255 e. The van der Waals surface area contributed by atoms with Gasteiger partial charge in [-0.1, -0.05) is 23.7 Å². The van der Waals surface area contributed by atoms with E-state index < -0.39 is 0 Å². The van der Waals surface area contributed by atoms with Crippen LogP contribution in [0.2, 0.25) is 5.02 Å². The highest BCUT2D eigenvalue weighted by atomic mass is 35.5. The summed E-state index contributed by atoms with van der Waals surface area (Å²) in [6.45, 7) is 3.88. The van der Waals surface area contributed by atoms with Crippen LogP contribution in [-0.2, 0) is 0 Å². The van der Waals surface area contributed by atoms with E-state index in [0.29, 0.717) is 34.2 Å². The zero-order valence-electron chi connectivity index (χ0n) is 14.6. The van der Waals surface area contributed by atoms with Crippen molar-refractivity contribution < 1.29 is 14.3 Å². The lowest BCUT2D eigenvalue weighted by molar-refractivity contribution is 0.0794. The van der Waals surface area contributed by atoms with Crippen LogP contribution in [0, 0.1) is 0 Å². The molecule has 2 aromatic rings. The van der Waals surface area contributed by atoms with Gasteiger partial charge in [-0.3, -0.25) is 9.59 Å². The van der Waals surface area contributed by atoms with E-state index in [1.807, 2.05) is 11.8 Å². The van der Waals surface area contributed by atoms with Gasteiger partial charge in [0, 0.05) is 18.7 Å². The van der Waals surface area contributed by atoms with Gasteiger partial charge in [-0.15, -0.1) is 0 Å². The Hall–Kier alpha value is -2.53. The normalized spacial score (nSPS) is 13.5. The van der Waals surface area contributed by atoms with Crippen molar-refractivity contribution in [1.29, 1.82) is 0 Å². The Morgan fingerprint density at radius 1 is 1.15 bits per heavy atom. The Morgan fingerprint density at radius 3 is 2.58 bits per heavy atom. The number of halogens is 1. The predicted octanol–water partition coefficient (Wildman–Crippen LogP) is 4.23. The quantitative estimate of drug-likeness (QED) is 0.854. The third kappa shape index (κ3) is 3.99. The molecule has 0 spiro atoms. The monoisotopic (exact) mass is 372 g/mol. The Balaban J connectivity index is 1.79. The van der Waals surface area contributed by atoms with Crippen molar-refractivity contribution in [3.8, 4) is 5.75 Å². The fourth-order valence-corrected chi connectivity index (χ4v) is 3.21. The average Bonchev–Trinajstić information content (AvgIpc) is 3.18. The number of anilines is 1. The molecule has 1 N–H and O–H groups in total. The molecule has 1 heterocycles. The largest absolute Gasteiger partial charge is 0.492 e. The van der Waals surface area contributed by atoms with Crippen LogP contribution in [0.3, 0.4) is 0 Å². The van der Waals surface area contributed by atoms with Gasteiger partial charge in [0.15, 0.2) is 0 Å². The van der Waals surface area contributed by atoms with Gasteiger partial charge < -0.3 is 15.0 Å². The molecule has 5 nitrogen and oxygen atoms in total. The first-order chi connectivity index (χ1) is 12.6. The summed E-state index contributed by atoms with van der Waals surface area (Å²) < 4.78 is 5.38. The molecule has 2 aromatic carbocycles. The number of nitrogens with zero attached hydrogens (tertiary/aromatic N) is 1. The van der Waals surface area contributed by atoms with E-state index in [1.165, 1.54) is 0 Å². The molecule has 6 heteroatoms. The van der Waals surface area contributed by atoms with Crippen molar-refractivity contribution in [2.75, 3.05) is 25.0 Å². The van der Waals surface area contributed by atoms with Crippen LogP contribution in [0.1, 0.15) is 40.5 Å². The van der Waals surface area contributed by atoms with Crippen molar-refractivity contribution in [3.63, 3.8) is 0 Å². The zero-order chi connectivity index (χ0) is 18.5. The van der Waals surface area contributed by atoms with E-state index in [-0.39, 0.29) is 11.8 Å². The molecule has 0 aliphatic carbocycles. The van der Waals surface area contributed by atoms with E-state index in [9.17, 15) is 9.59 Å². The van der Waals surface area contributed by atoms with Crippen LogP contribution >= 0.6 is 11.6 Å². The molecule has 1 fully saturated rings. The summed E-state index contributed by atoms with van der Waals surface area (Å²) in [6.07, 6.45) is 2.04. The number of hydrogen-bond donors (Lipinski definition) is 1. The van der Waals surface area contributed by atoms with E-state index in [0.717, 1.165) is 25.9 Å². The van der Waals surface area contributed by atoms with E-state index in [2.05, 4.69) is 5.32 Å². The predicted molar refractivity (Wildman–Crippen MR) is 102 cm³/mol. The number of hydrogen-bond acceptors (Lipinski definition) is 3. The first-order valence-electron chi connectivity index (χ1n) is 8.72. The van der Waals surface area contributed by atoms with E-state index in [4.69, 9.17) is 16.3 Å². The standard InChI is InChI=1S/C20H21ClN2O3/c1-2-26-18-10-9-14(13-16(18)21)19(24)22-17-8-4-3-7-15(17)20(25)23-11-5-6-12-23/h3-4,7-10,13H,2,5-6,11-12H2,1H3,(H,22,24). The fourth-order valence-electron chi connectivity index (χ4n) is 2.98. The van der Waals surface area contributed by atoms with E-state index in [1.54, 1.807) is 42.5 Å². The number of likely N-dealkylation sites (tertiary alicyclic amines) is 1. The minimum Gasteiger partial charge on any atom is -0.492 e. The number of benzene rings is 2. The van der Waals surface area contributed by atoms with Gasteiger partial charge in [-0.25, -0.2) is 0 Å². The van der Waals surface area contributed by atoms with Crippen LogP contribution in [0.4, 0.5) is 5.69 Å². The maximum atomic E-state index is 12.7. The summed E-state index contributed by atoms with van der Waals surface area (Å²) in [4.78, 5) is 27.1. The number of carbonyl (C=O) groups excluding carboxylic acids is 2. The molecule has 3 rings (SSSR count). The van der Waals surface area contributed by atoms with Crippen molar-refractivity contribution in [2.45, 2.75) is 19.8 Å². The highest BCUT2D eigenvalue weighted by molar-refractivity contribution is 6.32. The first-order valence-corrected chi connectivity index (χ1v) is 9.10. The molecule has 0 atom stereocenters. The van der Waals surface area contributed by atoms with Gasteiger partial charge in [0.05, 0.1) is 22.9 Å². The van der Waals surface area contributed by atoms with Crippen LogP contribution in [-0.4, -0.2) is 36.4 Å². The molecule has 0 aromatic heterocycles. The van der Waals surface area contributed by atoms with Gasteiger partial charge in [-0.05, 0) is 50.1 Å². The summed E-state index contributed by atoms with van der Waals surface area (Å²) in [5.41, 5.74) is 1.40. The van der Waals surface area contributed by atoms with Crippen LogP contribution in [0.25, 0.3) is 0 Å². The van der Waals surface area contributed by atoms with Crippen molar-refractivity contribution >= 4 is 29.1 Å². The molecule has 0 radical (unpaired) electrons. The van der Waals surface area contributed by atoms with Crippen molar-refractivity contribution in [3.05, 3.63) is 58.6 Å². The third-order valence-electron chi connectivity index (χ3n) is 4.29. The number of rotatable bonds is 5. The number of carbonyl (C=O) groups is 2. The Bertz CT molecular complexity index is 816. The van der Waals surface area contributed by atoms with Gasteiger partial charge in [0.1, 0.15) is 5.75 Å². The molecule has 1 aliphatic heterocycles. The topological polar surface area (TPSA) is 58.6 Å². The van der Waals surface area contributed by atoms with Crippen molar-refractivity contribution in [2.24, 2.45) is 0 Å². The summed E-state index contributed by atoms with van der Waals surface area (Å²) >= 11 is 6.16. The number of para-hydroxylation sites is 1. The summed E-state index contributed by atoms with van der Waals surface area (Å²) in [7, 11) is 0. The first kappa shape index (κ1) is 18.3.